The molecule has 0 radical (unpaired) electrons. The first-order valence-electron chi connectivity index (χ1n) is 6.44. The normalized spacial score (nSPS) is 11.4. The van der Waals surface area contributed by atoms with Gasteiger partial charge in [0, 0.05) is 10.6 Å². The van der Waals surface area contributed by atoms with Crippen LogP contribution in [-0.4, -0.2) is 5.91 Å². The second kappa shape index (κ2) is 6.01. The molecule has 0 spiro atoms. The van der Waals surface area contributed by atoms with Crippen LogP contribution in [0, 0.1) is 13.8 Å². The number of hydrogen-bond donors (Lipinski definition) is 1. The molecule has 0 aliphatic heterocycles. The zero-order chi connectivity index (χ0) is 16.5. The lowest BCUT2D eigenvalue weighted by Gasteiger charge is -2.14. The van der Waals surface area contributed by atoms with E-state index in [0.717, 1.165) is 23.3 Å². The summed E-state index contributed by atoms with van der Waals surface area (Å²) in [6.07, 6.45) is -4.60. The van der Waals surface area contributed by atoms with E-state index in [9.17, 15) is 18.0 Å². The molecule has 22 heavy (non-hydrogen) atoms. The summed E-state index contributed by atoms with van der Waals surface area (Å²) in [6.45, 7) is 3.72. The summed E-state index contributed by atoms with van der Waals surface area (Å²) in [6, 6.07) is 8.18. The van der Waals surface area contributed by atoms with Crippen LogP contribution in [0.15, 0.2) is 36.4 Å². The van der Waals surface area contributed by atoms with Gasteiger partial charge in [0.2, 0.25) is 0 Å². The molecule has 0 heterocycles. The van der Waals surface area contributed by atoms with Crippen molar-refractivity contribution in [3.05, 3.63) is 63.7 Å². The van der Waals surface area contributed by atoms with Crippen molar-refractivity contribution in [1.29, 1.82) is 0 Å². The fraction of sp³-hybridized carbons (Fsp3) is 0.188. The molecule has 0 aliphatic rings. The van der Waals surface area contributed by atoms with Gasteiger partial charge < -0.3 is 5.32 Å². The minimum absolute atomic E-state index is 0.0449. The number of amides is 1. The van der Waals surface area contributed by atoms with Crippen LogP contribution < -0.4 is 5.32 Å². The summed E-state index contributed by atoms with van der Waals surface area (Å²) in [5.74, 6) is -0.601. The second-order valence-corrected chi connectivity index (χ2v) is 5.38. The topological polar surface area (TPSA) is 29.1 Å². The van der Waals surface area contributed by atoms with E-state index in [1.165, 1.54) is 6.07 Å². The van der Waals surface area contributed by atoms with Crippen molar-refractivity contribution in [3.8, 4) is 0 Å². The van der Waals surface area contributed by atoms with Crippen molar-refractivity contribution in [2.24, 2.45) is 0 Å². The number of halogens is 4. The average Bonchev–Trinajstić information content (AvgIpc) is 2.42. The third kappa shape index (κ3) is 3.60. The van der Waals surface area contributed by atoms with Crippen molar-refractivity contribution < 1.29 is 18.0 Å². The Bertz CT molecular complexity index is 726. The van der Waals surface area contributed by atoms with Crippen LogP contribution in [0.25, 0.3) is 0 Å². The van der Waals surface area contributed by atoms with E-state index in [0.29, 0.717) is 5.56 Å². The zero-order valence-corrected chi connectivity index (χ0v) is 12.6. The average molecular weight is 328 g/mol. The van der Waals surface area contributed by atoms with Gasteiger partial charge >= 0.3 is 6.18 Å². The smallest absolute Gasteiger partial charge is 0.321 e. The van der Waals surface area contributed by atoms with Crippen molar-refractivity contribution in [2.45, 2.75) is 20.0 Å². The van der Waals surface area contributed by atoms with Gasteiger partial charge in [0.1, 0.15) is 0 Å². The van der Waals surface area contributed by atoms with E-state index in [1.54, 1.807) is 18.2 Å². The Balaban J connectivity index is 2.34. The summed E-state index contributed by atoms with van der Waals surface area (Å²) in [5.41, 5.74) is 0.891. The molecule has 0 saturated heterocycles. The minimum atomic E-state index is -4.60. The Morgan fingerprint density at radius 2 is 1.73 bits per heavy atom. The number of carbonyl (C=O) groups excluding carboxylic acids is 1. The molecule has 0 fully saturated rings. The van der Waals surface area contributed by atoms with E-state index in [-0.39, 0.29) is 10.7 Å². The summed E-state index contributed by atoms with van der Waals surface area (Å²) in [4.78, 5) is 12.1. The maximum Gasteiger partial charge on any atom is 0.418 e. The van der Waals surface area contributed by atoms with E-state index in [4.69, 9.17) is 11.6 Å². The van der Waals surface area contributed by atoms with Crippen molar-refractivity contribution >= 4 is 23.2 Å². The van der Waals surface area contributed by atoms with Gasteiger partial charge in [0.05, 0.1) is 11.3 Å². The molecule has 1 amide bonds. The second-order valence-electron chi connectivity index (χ2n) is 4.94. The molecule has 6 heteroatoms. The molecule has 2 aromatic carbocycles. The predicted octanol–water partition coefficient (Wildman–Crippen LogP) is 5.23. The zero-order valence-electron chi connectivity index (χ0n) is 11.9. The SMILES string of the molecule is Cc1ccc(C(=O)Nc2ccc(Cl)cc2C(F)(F)F)cc1C. The Hall–Kier alpha value is -2.01. The maximum absolute atomic E-state index is 13.0. The first-order valence-corrected chi connectivity index (χ1v) is 6.81. The molecule has 0 saturated carbocycles. The first kappa shape index (κ1) is 16.4. The molecule has 116 valence electrons. The first-order chi connectivity index (χ1) is 10.2. The summed E-state index contributed by atoms with van der Waals surface area (Å²) >= 11 is 5.60. The van der Waals surface area contributed by atoms with Crippen LogP contribution in [0.5, 0.6) is 0 Å². The molecule has 1 N–H and O–H groups in total. The minimum Gasteiger partial charge on any atom is -0.321 e. The highest BCUT2D eigenvalue weighted by molar-refractivity contribution is 6.30. The van der Waals surface area contributed by atoms with Gasteiger partial charge in [0.25, 0.3) is 5.91 Å². The molecule has 0 unspecified atom stereocenters. The van der Waals surface area contributed by atoms with Gasteiger partial charge in [-0.25, -0.2) is 0 Å². The highest BCUT2D eigenvalue weighted by atomic mass is 35.5. The number of benzene rings is 2. The molecule has 2 nitrogen and oxygen atoms in total. The molecule has 2 aromatic rings. The summed E-state index contributed by atoms with van der Waals surface area (Å²) in [5, 5.41) is 2.24. The Kier molecular flexibility index (Phi) is 4.47. The quantitative estimate of drug-likeness (QED) is 0.804. The van der Waals surface area contributed by atoms with Gasteiger partial charge in [-0.15, -0.1) is 0 Å². The van der Waals surface area contributed by atoms with Crippen LogP contribution in [0.4, 0.5) is 18.9 Å². The van der Waals surface area contributed by atoms with Gasteiger partial charge in [-0.3, -0.25) is 4.79 Å². The highest BCUT2D eigenvalue weighted by Gasteiger charge is 2.34. The molecule has 0 atom stereocenters. The molecular weight excluding hydrogens is 315 g/mol. The Morgan fingerprint density at radius 1 is 1.05 bits per heavy atom. The van der Waals surface area contributed by atoms with E-state index < -0.39 is 17.6 Å². The van der Waals surface area contributed by atoms with E-state index >= 15 is 0 Å². The van der Waals surface area contributed by atoms with Crippen LogP contribution >= 0.6 is 11.6 Å². The lowest BCUT2D eigenvalue weighted by molar-refractivity contribution is -0.136. The highest BCUT2D eigenvalue weighted by Crippen LogP contribution is 2.36. The summed E-state index contributed by atoms with van der Waals surface area (Å²) in [7, 11) is 0. The van der Waals surface area contributed by atoms with Crippen LogP contribution in [0.2, 0.25) is 5.02 Å². The van der Waals surface area contributed by atoms with Gasteiger partial charge in [-0.2, -0.15) is 13.2 Å². The third-order valence-electron chi connectivity index (χ3n) is 3.30. The van der Waals surface area contributed by atoms with Crippen LogP contribution in [-0.2, 0) is 6.18 Å². The Morgan fingerprint density at radius 3 is 2.32 bits per heavy atom. The number of anilines is 1. The number of hydrogen-bond acceptors (Lipinski definition) is 1. The van der Waals surface area contributed by atoms with E-state index in [1.807, 2.05) is 13.8 Å². The van der Waals surface area contributed by atoms with Crippen LogP contribution in [0.3, 0.4) is 0 Å². The van der Waals surface area contributed by atoms with Crippen molar-refractivity contribution in [1.82, 2.24) is 0 Å². The number of aryl methyl sites for hydroxylation is 2. The predicted molar refractivity (Wildman–Crippen MR) is 80.3 cm³/mol. The van der Waals surface area contributed by atoms with E-state index in [2.05, 4.69) is 5.32 Å². The molecule has 0 bridgehead atoms. The van der Waals surface area contributed by atoms with Crippen LogP contribution in [0.1, 0.15) is 27.0 Å². The number of nitrogens with one attached hydrogen (secondary N) is 1. The molecular formula is C16H13ClF3NO. The van der Waals surface area contributed by atoms with Gasteiger partial charge in [0.15, 0.2) is 0 Å². The fourth-order valence-corrected chi connectivity index (χ4v) is 2.11. The number of carbonyl (C=O) groups is 1. The Labute approximate surface area is 130 Å². The molecule has 0 aromatic heterocycles. The molecule has 2 rings (SSSR count). The van der Waals surface area contributed by atoms with Crippen molar-refractivity contribution in [3.63, 3.8) is 0 Å². The lowest BCUT2D eigenvalue weighted by Crippen LogP contribution is -2.16. The third-order valence-corrected chi connectivity index (χ3v) is 3.54. The molecule has 0 aliphatic carbocycles. The largest absolute Gasteiger partial charge is 0.418 e. The van der Waals surface area contributed by atoms with Gasteiger partial charge in [-0.05, 0) is 55.3 Å². The number of alkyl halides is 3. The maximum atomic E-state index is 13.0. The fourth-order valence-electron chi connectivity index (χ4n) is 1.94. The summed E-state index contributed by atoms with van der Waals surface area (Å²) < 4.78 is 39.0. The standard InChI is InChI=1S/C16H13ClF3NO/c1-9-3-4-11(7-10(9)2)15(22)21-14-6-5-12(17)8-13(14)16(18,19)20/h3-8H,1-2H3,(H,21,22). The number of rotatable bonds is 2. The monoisotopic (exact) mass is 327 g/mol. The lowest BCUT2D eigenvalue weighted by atomic mass is 10.1. The van der Waals surface area contributed by atoms with Crippen molar-refractivity contribution in [2.75, 3.05) is 5.32 Å². The van der Waals surface area contributed by atoms with Gasteiger partial charge in [-0.1, -0.05) is 17.7 Å².